The Labute approximate surface area is 127 Å². The van der Waals surface area contributed by atoms with Crippen LogP contribution in [0.4, 0.5) is 5.82 Å². The van der Waals surface area contributed by atoms with Gasteiger partial charge in [0.05, 0.1) is 5.69 Å². The van der Waals surface area contributed by atoms with Gasteiger partial charge in [0, 0.05) is 18.2 Å². The zero-order chi connectivity index (χ0) is 15.5. The van der Waals surface area contributed by atoms with Crippen LogP contribution in [0.1, 0.15) is 23.2 Å². The third-order valence-corrected chi connectivity index (χ3v) is 3.55. The molecule has 7 nitrogen and oxygen atoms in total. The van der Waals surface area contributed by atoms with E-state index in [9.17, 15) is 4.79 Å². The average Bonchev–Trinajstić information content (AvgIpc) is 2.96. The quantitative estimate of drug-likeness (QED) is 0.792. The summed E-state index contributed by atoms with van der Waals surface area (Å²) in [5.74, 6) is 0.491. The maximum Gasteiger partial charge on any atom is 0.225 e. The Hall–Kier alpha value is -2.83. The summed E-state index contributed by atoms with van der Waals surface area (Å²) >= 11 is 0. The van der Waals surface area contributed by atoms with Crippen LogP contribution in [0.5, 0.6) is 0 Å². The van der Waals surface area contributed by atoms with Crippen molar-refractivity contribution in [3.8, 4) is 0 Å². The summed E-state index contributed by atoms with van der Waals surface area (Å²) in [6.45, 7) is 3.91. The van der Waals surface area contributed by atoms with Crippen LogP contribution in [0.15, 0.2) is 30.7 Å². The Morgan fingerprint density at radius 3 is 2.95 bits per heavy atom. The van der Waals surface area contributed by atoms with Gasteiger partial charge in [0.1, 0.15) is 12.1 Å². The van der Waals surface area contributed by atoms with Gasteiger partial charge in [0.25, 0.3) is 0 Å². The number of aryl methyl sites for hydroxylation is 2. The SMILES string of the molecule is Cc1nn2cnnc2c(C)c1CCC(=O)Nc1ccccn1. The summed E-state index contributed by atoms with van der Waals surface area (Å²) in [4.78, 5) is 16.1. The maximum atomic E-state index is 12.0. The first-order chi connectivity index (χ1) is 10.6. The molecule has 112 valence electrons. The number of pyridine rings is 1. The molecule has 3 rings (SSSR count). The van der Waals surface area contributed by atoms with Crippen molar-refractivity contribution in [3.05, 3.63) is 47.5 Å². The highest BCUT2D eigenvalue weighted by Crippen LogP contribution is 2.17. The molecule has 22 heavy (non-hydrogen) atoms. The van der Waals surface area contributed by atoms with Crippen LogP contribution in [-0.2, 0) is 11.2 Å². The minimum absolute atomic E-state index is 0.0705. The molecule has 0 unspecified atom stereocenters. The average molecular weight is 296 g/mol. The molecule has 0 atom stereocenters. The highest BCUT2D eigenvalue weighted by molar-refractivity contribution is 5.89. The van der Waals surface area contributed by atoms with Gasteiger partial charge in [-0.15, -0.1) is 10.2 Å². The van der Waals surface area contributed by atoms with Crippen molar-refractivity contribution < 1.29 is 4.79 Å². The van der Waals surface area contributed by atoms with E-state index in [1.54, 1.807) is 23.1 Å². The second-order valence-electron chi connectivity index (χ2n) is 5.05. The van der Waals surface area contributed by atoms with Gasteiger partial charge in [-0.3, -0.25) is 4.79 Å². The van der Waals surface area contributed by atoms with Gasteiger partial charge in [-0.1, -0.05) is 6.07 Å². The van der Waals surface area contributed by atoms with Crippen molar-refractivity contribution in [2.24, 2.45) is 0 Å². The number of hydrogen-bond acceptors (Lipinski definition) is 5. The minimum atomic E-state index is -0.0705. The molecule has 0 aliphatic carbocycles. The predicted molar refractivity (Wildman–Crippen MR) is 81.4 cm³/mol. The number of nitrogens with zero attached hydrogens (tertiary/aromatic N) is 5. The van der Waals surface area contributed by atoms with Crippen molar-refractivity contribution in [2.75, 3.05) is 5.32 Å². The first-order valence-corrected chi connectivity index (χ1v) is 7.02. The van der Waals surface area contributed by atoms with Crippen LogP contribution in [0.25, 0.3) is 5.65 Å². The Kier molecular flexibility index (Phi) is 3.78. The number of rotatable bonds is 4. The number of aromatic nitrogens is 5. The summed E-state index contributed by atoms with van der Waals surface area (Å²) in [7, 11) is 0. The largest absolute Gasteiger partial charge is 0.311 e. The van der Waals surface area contributed by atoms with Gasteiger partial charge in [-0.05, 0) is 38.0 Å². The number of amides is 1. The second kappa shape index (κ2) is 5.88. The monoisotopic (exact) mass is 296 g/mol. The molecule has 0 bridgehead atoms. The van der Waals surface area contributed by atoms with Crippen LogP contribution in [0.2, 0.25) is 0 Å². The van der Waals surface area contributed by atoms with Crippen molar-refractivity contribution in [2.45, 2.75) is 26.7 Å². The third kappa shape index (κ3) is 2.78. The van der Waals surface area contributed by atoms with E-state index in [1.807, 2.05) is 26.0 Å². The molecule has 3 aromatic rings. The normalized spacial score (nSPS) is 10.8. The molecule has 0 saturated heterocycles. The zero-order valence-electron chi connectivity index (χ0n) is 12.4. The van der Waals surface area contributed by atoms with Crippen LogP contribution in [-0.4, -0.2) is 30.7 Å². The van der Waals surface area contributed by atoms with E-state index in [1.165, 1.54) is 0 Å². The third-order valence-electron chi connectivity index (χ3n) is 3.55. The van der Waals surface area contributed by atoms with E-state index < -0.39 is 0 Å². The van der Waals surface area contributed by atoms with Crippen LogP contribution in [0.3, 0.4) is 0 Å². The van der Waals surface area contributed by atoms with E-state index in [2.05, 4.69) is 25.6 Å². The van der Waals surface area contributed by atoms with Crippen molar-refractivity contribution in [1.82, 2.24) is 24.8 Å². The summed E-state index contributed by atoms with van der Waals surface area (Å²) in [5, 5.41) is 15.1. The number of nitrogens with one attached hydrogen (secondary N) is 1. The van der Waals surface area contributed by atoms with Gasteiger partial charge in [0.15, 0.2) is 5.65 Å². The molecule has 3 heterocycles. The van der Waals surface area contributed by atoms with Crippen LogP contribution in [0, 0.1) is 13.8 Å². The molecule has 0 aliphatic rings. The van der Waals surface area contributed by atoms with E-state index in [0.29, 0.717) is 18.7 Å². The van der Waals surface area contributed by atoms with Gasteiger partial charge < -0.3 is 5.32 Å². The van der Waals surface area contributed by atoms with E-state index >= 15 is 0 Å². The molecule has 0 saturated carbocycles. The lowest BCUT2D eigenvalue weighted by Crippen LogP contribution is -2.14. The van der Waals surface area contributed by atoms with Gasteiger partial charge >= 0.3 is 0 Å². The first kappa shape index (κ1) is 14.1. The summed E-state index contributed by atoms with van der Waals surface area (Å²) in [5.41, 5.74) is 3.66. The topological polar surface area (TPSA) is 85.1 Å². The predicted octanol–water partition coefficient (Wildman–Crippen LogP) is 1.71. The molecular formula is C15H16N6O. The van der Waals surface area contributed by atoms with Crippen molar-refractivity contribution >= 4 is 17.4 Å². The maximum absolute atomic E-state index is 12.0. The second-order valence-corrected chi connectivity index (χ2v) is 5.05. The van der Waals surface area contributed by atoms with E-state index in [0.717, 1.165) is 22.5 Å². The standard InChI is InChI=1S/C15H16N6O/c1-10-12(11(2)20-21-9-17-19-15(10)21)6-7-14(22)18-13-5-3-4-8-16-13/h3-5,8-9H,6-7H2,1-2H3,(H,16,18,22). The lowest BCUT2D eigenvalue weighted by atomic mass is 10.0. The number of fused-ring (bicyclic) bond motifs is 1. The highest BCUT2D eigenvalue weighted by atomic mass is 16.1. The molecule has 1 N–H and O–H groups in total. The molecule has 0 spiro atoms. The minimum Gasteiger partial charge on any atom is -0.311 e. The highest BCUT2D eigenvalue weighted by Gasteiger charge is 2.13. The van der Waals surface area contributed by atoms with Crippen molar-refractivity contribution in [1.29, 1.82) is 0 Å². The lowest BCUT2D eigenvalue weighted by Gasteiger charge is -2.10. The van der Waals surface area contributed by atoms with E-state index in [4.69, 9.17) is 0 Å². The molecular weight excluding hydrogens is 280 g/mol. The van der Waals surface area contributed by atoms with Crippen LogP contribution >= 0.6 is 0 Å². The summed E-state index contributed by atoms with van der Waals surface area (Å²) in [6.07, 6.45) is 4.19. The summed E-state index contributed by atoms with van der Waals surface area (Å²) < 4.78 is 1.65. The Morgan fingerprint density at radius 1 is 1.32 bits per heavy atom. The Bertz CT molecular complexity index is 812. The Balaban J connectivity index is 1.72. The Morgan fingerprint density at radius 2 is 2.18 bits per heavy atom. The molecule has 0 radical (unpaired) electrons. The number of carbonyl (C=O) groups is 1. The molecule has 3 aromatic heterocycles. The zero-order valence-corrected chi connectivity index (χ0v) is 12.4. The van der Waals surface area contributed by atoms with Gasteiger partial charge in [-0.25, -0.2) is 9.50 Å². The fourth-order valence-electron chi connectivity index (χ4n) is 2.43. The molecule has 1 amide bonds. The number of anilines is 1. The molecule has 0 aromatic carbocycles. The lowest BCUT2D eigenvalue weighted by molar-refractivity contribution is -0.116. The molecule has 0 fully saturated rings. The fourth-order valence-corrected chi connectivity index (χ4v) is 2.43. The fraction of sp³-hybridized carbons (Fsp3) is 0.267. The van der Waals surface area contributed by atoms with E-state index in [-0.39, 0.29) is 5.91 Å². The summed E-state index contributed by atoms with van der Waals surface area (Å²) in [6, 6.07) is 5.40. The van der Waals surface area contributed by atoms with Gasteiger partial charge in [-0.2, -0.15) is 5.10 Å². The molecule has 7 heteroatoms. The van der Waals surface area contributed by atoms with Crippen molar-refractivity contribution in [3.63, 3.8) is 0 Å². The molecule has 0 aliphatic heterocycles. The van der Waals surface area contributed by atoms with Gasteiger partial charge in [0.2, 0.25) is 5.91 Å². The van der Waals surface area contributed by atoms with Crippen LogP contribution < -0.4 is 5.32 Å². The number of carbonyl (C=O) groups excluding carboxylic acids is 1. The smallest absolute Gasteiger partial charge is 0.225 e. The number of hydrogen-bond donors (Lipinski definition) is 1. The first-order valence-electron chi connectivity index (χ1n) is 7.02.